The number of methoxy groups -OCH3 is 1. The zero-order valence-corrected chi connectivity index (χ0v) is 12.4. The zero-order chi connectivity index (χ0) is 14.3. The summed E-state index contributed by atoms with van der Waals surface area (Å²) in [7, 11) is 1.42. The van der Waals surface area contributed by atoms with Crippen molar-refractivity contribution in [2.24, 2.45) is 10.8 Å². The van der Waals surface area contributed by atoms with E-state index in [1.54, 1.807) is 0 Å². The molecule has 1 fully saturated rings. The standard InChI is InChI=1S/C16H23NO2/c1-15(2)14(16(15,3)4)17-10-11-8-6-7-9-12(11)13(18)19-5/h6-9,14,17H,10H2,1-5H3. The van der Waals surface area contributed by atoms with Crippen molar-refractivity contribution in [3.05, 3.63) is 35.4 Å². The summed E-state index contributed by atoms with van der Waals surface area (Å²) < 4.78 is 4.81. The minimum Gasteiger partial charge on any atom is -0.465 e. The molecular formula is C16H23NO2. The molecule has 0 aromatic heterocycles. The van der Waals surface area contributed by atoms with Crippen LogP contribution in [-0.4, -0.2) is 19.1 Å². The smallest absolute Gasteiger partial charge is 0.338 e. The Kier molecular flexibility index (Phi) is 3.43. The van der Waals surface area contributed by atoms with Gasteiger partial charge in [0.15, 0.2) is 0 Å². The van der Waals surface area contributed by atoms with Gasteiger partial charge in [0.1, 0.15) is 0 Å². The maximum absolute atomic E-state index is 11.7. The Morgan fingerprint density at radius 1 is 1.21 bits per heavy atom. The highest BCUT2D eigenvalue weighted by atomic mass is 16.5. The Bertz CT molecular complexity index is 477. The van der Waals surface area contributed by atoms with Gasteiger partial charge in [0, 0.05) is 12.6 Å². The van der Waals surface area contributed by atoms with Crippen molar-refractivity contribution in [2.75, 3.05) is 7.11 Å². The average molecular weight is 261 g/mol. The van der Waals surface area contributed by atoms with Crippen molar-refractivity contribution in [2.45, 2.75) is 40.3 Å². The maximum Gasteiger partial charge on any atom is 0.338 e. The van der Waals surface area contributed by atoms with E-state index in [9.17, 15) is 4.79 Å². The van der Waals surface area contributed by atoms with Crippen LogP contribution < -0.4 is 5.32 Å². The molecule has 1 aromatic rings. The average Bonchev–Trinajstić information content (AvgIpc) is 2.76. The highest BCUT2D eigenvalue weighted by Gasteiger charge is 2.64. The molecule has 0 atom stereocenters. The highest BCUT2D eigenvalue weighted by Crippen LogP contribution is 2.62. The molecule has 1 saturated carbocycles. The lowest BCUT2D eigenvalue weighted by Crippen LogP contribution is -2.23. The molecule has 19 heavy (non-hydrogen) atoms. The monoisotopic (exact) mass is 261 g/mol. The molecule has 104 valence electrons. The van der Waals surface area contributed by atoms with Gasteiger partial charge in [-0.3, -0.25) is 0 Å². The molecule has 0 spiro atoms. The first kappa shape index (κ1) is 14.1. The van der Waals surface area contributed by atoms with E-state index in [1.165, 1.54) is 7.11 Å². The lowest BCUT2D eigenvalue weighted by Gasteiger charge is -2.10. The van der Waals surface area contributed by atoms with Gasteiger partial charge in [-0.15, -0.1) is 0 Å². The molecule has 1 N–H and O–H groups in total. The van der Waals surface area contributed by atoms with E-state index in [2.05, 4.69) is 33.0 Å². The van der Waals surface area contributed by atoms with Crippen LogP contribution in [0.25, 0.3) is 0 Å². The molecule has 2 rings (SSSR count). The number of benzene rings is 1. The normalized spacial score (nSPS) is 20.1. The van der Waals surface area contributed by atoms with Gasteiger partial charge in [-0.2, -0.15) is 0 Å². The number of hydrogen-bond acceptors (Lipinski definition) is 3. The third-order valence-electron chi connectivity index (χ3n) is 4.94. The number of nitrogens with one attached hydrogen (secondary N) is 1. The first-order chi connectivity index (χ1) is 8.82. The number of ether oxygens (including phenoxy) is 1. The van der Waals surface area contributed by atoms with Crippen LogP contribution in [0.1, 0.15) is 43.6 Å². The maximum atomic E-state index is 11.7. The molecule has 1 aliphatic carbocycles. The molecule has 1 aliphatic rings. The number of carbonyl (C=O) groups is 1. The van der Waals surface area contributed by atoms with Crippen molar-refractivity contribution in [3.63, 3.8) is 0 Å². The molecule has 0 heterocycles. The van der Waals surface area contributed by atoms with Crippen LogP contribution in [0.2, 0.25) is 0 Å². The number of hydrogen-bond donors (Lipinski definition) is 1. The fraction of sp³-hybridized carbons (Fsp3) is 0.562. The lowest BCUT2D eigenvalue weighted by atomic mass is 10.0. The Balaban J connectivity index is 2.08. The molecule has 0 aliphatic heterocycles. The van der Waals surface area contributed by atoms with E-state index < -0.39 is 0 Å². The number of esters is 1. The van der Waals surface area contributed by atoms with Crippen LogP contribution in [0.15, 0.2) is 24.3 Å². The minimum absolute atomic E-state index is 0.272. The van der Waals surface area contributed by atoms with E-state index in [4.69, 9.17) is 4.74 Å². The van der Waals surface area contributed by atoms with E-state index in [1.807, 2.05) is 24.3 Å². The molecule has 0 unspecified atom stereocenters. The van der Waals surface area contributed by atoms with Crippen LogP contribution in [0, 0.1) is 10.8 Å². The zero-order valence-electron chi connectivity index (χ0n) is 12.4. The molecule has 3 nitrogen and oxygen atoms in total. The van der Waals surface area contributed by atoms with Crippen molar-refractivity contribution < 1.29 is 9.53 Å². The third-order valence-corrected chi connectivity index (χ3v) is 4.94. The second kappa shape index (κ2) is 4.64. The summed E-state index contributed by atoms with van der Waals surface area (Å²) >= 11 is 0. The Hall–Kier alpha value is -1.35. The molecule has 3 heteroatoms. The van der Waals surface area contributed by atoms with Crippen LogP contribution >= 0.6 is 0 Å². The molecule has 0 radical (unpaired) electrons. The summed E-state index contributed by atoms with van der Waals surface area (Å²) in [6, 6.07) is 8.08. The van der Waals surface area contributed by atoms with Crippen LogP contribution in [0.5, 0.6) is 0 Å². The molecule has 1 aromatic carbocycles. The van der Waals surface area contributed by atoms with Gasteiger partial charge in [-0.1, -0.05) is 45.9 Å². The van der Waals surface area contributed by atoms with Crippen LogP contribution in [0.4, 0.5) is 0 Å². The first-order valence-electron chi connectivity index (χ1n) is 6.72. The van der Waals surface area contributed by atoms with E-state index in [0.717, 1.165) is 5.56 Å². The quantitative estimate of drug-likeness (QED) is 0.847. The Labute approximate surface area is 115 Å². The van der Waals surface area contributed by atoms with Crippen molar-refractivity contribution in [1.29, 1.82) is 0 Å². The van der Waals surface area contributed by atoms with Gasteiger partial charge in [-0.25, -0.2) is 4.79 Å². The van der Waals surface area contributed by atoms with Crippen molar-refractivity contribution in [1.82, 2.24) is 5.32 Å². The molecule has 0 saturated heterocycles. The summed E-state index contributed by atoms with van der Waals surface area (Å²) in [5.74, 6) is -0.272. The van der Waals surface area contributed by atoms with Gasteiger partial charge < -0.3 is 10.1 Å². The van der Waals surface area contributed by atoms with Gasteiger partial charge >= 0.3 is 5.97 Å². The highest BCUT2D eigenvalue weighted by molar-refractivity contribution is 5.90. The third kappa shape index (κ3) is 2.27. The lowest BCUT2D eigenvalue weighted by molar-refractivity contribution is 0.0599. The topological polar surface area (TPSA) is 38.3 Å². The second-order valence-electron chi connectivity index (χ2n) is 6.41. The van der Waals surface area contributed by atoms with E-state index in [0.29, 0.717) is 29.0 Å². The van der Waals surface area contributed by atoms with Crippen molar-refractivity contribution >= 4 is 5.97 Å². The first-order valence-corrected chi connectivity index (χ1v) is 6.72. The fourth-order valence-electron chi connectivity index (χ4n) is 2.90. The summed E-state index contributed by atoms with van der Waals surface area (Å²) in [5, 5.41) is 3.57. The minimum atomic E-state index is -0.272. The summed E-state index contributed by atoms with van der Waals surface area (Å²) in [6.45, 7) is 9.80. The number of carbonyl (C=O) groups excluding carboxylic acids is 1. The summed E-state index contributed by atoms with van der Waals surface area (Å²) in [4.78, 5) is 11.7. The van der Waals surface area contributed by atoms with E-state index >= 15 is 0 Å². The Morgan fingerprint density at radius 3 is 2.32 bits per heavy atom. The second-order valence-corrected chi connectivity index (χ2v) is 6.41. The van der Waals surface area contributed by atoms with Crippen LogP contribution in [0.3, 0.4) is 0 Å². The number of rotatable bonds is 4. The van der Waals surface area contributed by atoms with Crippen LogP contribution in [-0.2, 0) is 11.3 Å². The van der Waals surface area contributed by atoms with Gasteiger partial charge in [0.05, 0.1) is 12.7 Å². The SMILES string of the molecule is COC(=O)c1ccccc1CNC1C(C)(C)C1(C)C. The fourth-order valence-corrected chi connectivity index (χ4v) is 2.90. The molecular weight excluding hydrogens is 238 g/mol. The van der Waals surface area contributed by atoms with Gasteiger partial charge in [-0.05, 0) is 22.5 Å². The van der Waals surface area contributed by atoms with E-state index in [-0.39, 0.29) is 5.97 Å². The molecule has 0 amide bonds. The molecule has 0 bridgehead atoms. The predicted molar refractivity (Wildman–Crippen MR) is 76.0 cm³/mol. The summed E-state index contributed by atoms with van der Waals surface area (Å²) in [5.41, 5.74) is 2.24. The predicted octanol–water partition coefficient (Wildman–Crippen LogP) is 3.00. The van der Waals surface area contributed by atoms with Gasteiger partial charge in [0.2, 0.25) is 0 Å². The summed E-state index contributed by atoms with van der Waals surface area (Å²) in [6.07, 6.45) is 0. The van der Waals surface area contributed by atoms with Crippen molar-refractivity contribution in [3.8, 4) is 0 Å². The largest absolute Gasteiger partial charge is 0.465 e. The van der Waals surface area contributed by atoms with Gasteiger partial charge in [0.25, 0.3) is 0 Å². The Morgan fingerprint density at radius 2 is 1.79 bits per heavy atom.